The SMILES string of the molecule is N#Cc1c(F)c(-c2ccc(OC(F)(F)F)cc2)cc(F)c1-c1ccc(OC(F)(F)F)cc1. The zero-order valence-electron chi connectivity index (χ0n) is 15.5. The van der Waals surface area contributed by atoms with E-state index in [1.165, 1.54) is 6.07 Å². The first-order chi connectivity index (χ1) is 14.9. The van der Waals surface area contributed by atoms with Crippen molar-refractivity contribution in [2.45, 2.75) is 12.7 Å². The summed E-state index contributed by atoms with van der Waals surface area (Å²) in [6, 6.07) is 9.87. The molecule has 0 radical (unpaired) electrons. The van der Waals surface area contributed by atoms with Crippen molar-refractivity contribution in [2.75, 3.05) is 0 Å². The lowest BCUT2D eigenvalue weighted by Crippen LogP contribution is -2.17. The molecule has 0 amide bonds. The molecule has 0 saturated carbocycles. The van der Waals surface area contributed by atoms with Gasteiger partial charge in [-0.2, -0.15) is 5.26 Å². The van der Waals surface area contributed by atoms with Crippen LogP contribution in [0.3, 0.4) is 0 Å². The zero-order valence-corrected chi connectivity index (χ0v) is 15.5. The Bertz CT molecular complexity index is 1160. The summed E-state index contributed by atoms with van der Waals surface area (Å²) in [5.74, 6) is -3.42. The second-order valence-electron chi connectivity index (χ2n) is 6.23. The molecule has 0 N–H and O–H groups in total. The third-order valence-electron chi connectivity index (χ3n) is 4.10. The summed E-state index contributed by atoms with van der Waals surface area (Å²) in [7, 11) is 0. The second kappa shape index (κ2) is 8.37. The molecule has 0 heterocycles. The minimum Gasteiger partial charge on any atom is -0.406 e. The average molecular weight is 459 g/mol. The Morgan fingerprint density at radius 3 is 1.53 bits per heavy atom. The van der Waals surface area contributed by atoms with Crippen molar-refractivity contribution >= 4 is 0 Å². The molecule has 3 aromatic carbocycles. The van der Waals surface area contributed by atoms with Gasteiger partial charge in [0.15, 0.2) is 0 Å². The molecule has 0 bridgehead atoms. The van der Waals surface area contributed by atoms with Gasteiger partial charge in [-0.3, -0.25) is 0 Å². The van der Waals surface area contributed by atoms with Gasteiger partial charge in [0.25, 0.3) is 0 Å². The Balaban J connectivity index is 2.00. The van der Waals surface area contributed by atoms with Crippen molar-refractivity contribution in [1.82, 2.24) is 0 Å². The quantitative estimate of drug-likeness (QED) is 0.396. The molecule has 0 saturated heterocycles. The molecular formula is C21H9F8NO2. The van der Waals surface area contributed by atoms with Crippen LogP contribution in [0.25, 0.3) is 22.3 Å². The standard InChI is InChI=1S/C21H9F8NO2/c22-17-9-15(11-1-5-13(6-2-11)31-20(24,25)26)19(23)16(10-30)18(17)12-3-7-14(8-4-12)32-21(27,28)29/h1-9H. The van der Waals surface area contributed by atoms with Gasteiger partial charge in [-0.05, 0) is 41.5 Å². The van der Waals surface area contributed by atoms with Crippen molar-refractivity contribution in [3.63, 3.8) is 0 Å². The Labute approximate surface area is 175 Å². The fraction of sp³-hybridized carbons (Fsp3) is 0.0952. The number of hydrogen-bond donors (Lipinski definition) is 0. The van der Waals surface area contributed by atoms with E-state index < -0.39 is 52.5 Å². The number of hydrogen-bond acceptors (Lipinski definition) is 3. The zero-order chi connectivity index (χ0) is 23.7. The molecule has 0 atom stereocenters. The van der Waals surface area contributed by atoms with Gasteiger partial charge in [-0.25, -0.2) is 8.78 Å². The van der Waals surface area contributed by atoms with Crippen LogP contribution in [0.5, 0.6) is 11.5 Å². The lowest BCUT2D eigenvalue weighted by Gasteiger charge is -2.13. The first kappa shape index (κ1) is 22.9. The summed E-state index contributed by atoms with van der Waals surface area (Å²) in [4.78, 5) is 0. The fourth-order valence-electron chi connectivity index (χ4n) is 2.88. The highest BCUT2D eigenvalue weighted by Crippen LogP contribution is 2.36. The summed E-state index contributed by atoms with van der Waals surface area (Å²) in [5, 5.41) is 9.36. The molecule has 0 aromatic heterocycles. The maximum atomic E-state index is 15.0. The predicted octanol–water partition coefficient (Wildman–Crippen LogP) is 6.97. The number of benzene rings is 3. The van der Waals surface area contributed by atoms with E-state index in [0.29, 0.717) is 0 Å². The Morgan fingerprint density at radius 1 is 0.688 bits per heavy atom. The van der Waals surface area contributed by atoms with Crippen molar-refractivity contribution < 1.29 is 44.6 Å². The van der Waals surface area contributed by atoms with Gasteiger partial charge >= 0.3 is 12.7 Å². The lowest BCUT2D eigenvalue weighted by atomic mass is 9.94. The molecule has 32 heavy (non-hydrogen) atoms. The third kappa shape index (κ3) is 5.26. The summed E-state index contributed by atoms with van der Waals surface area (Å²) in [5.41, 5.74) is -1.76. The predicted molar refractivity (Wildman–Crippen MR) is 95.3 cm³/mol. The van der Waals surface area contributed by atoms with Crippen molar-refractivity contribution in [2.24, 2.45) is 0 Å². The summed E-state index contributed by atoms with van der Waals surface area (Å²) >= 11 is 0. The smallest absolute Gasteiger partial charge is 0.406 e. The van der Waals surface area contributed by atoms with Gasteiger partial charge < -0.3 is 9.47 Å². The molecule has 3 nitrogen and oxygen atoms in total. The van der Waals surface area contributed by atoms with Crippen molar-refractivity contribution in [3.8, 4) is 39.8 Å². The second-order valence-corrected chi connectivity index (χ2v) is 6.23. The van der Waals surface area contributed by atoms with Crippen LogP contribution >= 0.6 is 0 Å². The van der Waals surface area contributed by atoms with Crippen LogP contribution in [0.1, 0.15) is 5.56 Å². The minimum atomic E-state index is -4.95. The van der Waals surface area contributed by atoms with E-state index in [4.69, 9.17) is 0 Å². The molecule has 3 aromatic rings. The molecule has 0 aliphatic carbocycles. The number of rotatable bonds is 4. The van der Waals surface area contributed by atoms with Gasteiger partial charge in [-0.15, -0.1) is 26.3 Å². The van der Waals surface area contributed by atoms with Crippen LogP contribution < -0.4 is 9.47 Å². The summed E-state index contributed by atoms with van der Waals surface area (Å²) < 4.78 is 111. The Morgan fingerprint density at radius 2 is 1.12 bits per heavy atom. The molecular weight excluding hydrogens is 450 g/mol. The van der Waals surface area contributed by atoms with Gasteiger partial charge in [0.2, 0.25) is 0 Å². The van der Waals surface area contributed by atoms with Gasteiger partial charge in [0.05, 0.1) is 5.56 Å². The molecule has 0 aliphatic heterocycles. The van der Waals surface area contributed by atoms with Gasteiger partial charge in [0.1, 0.15) is 29.2 Å². The highest BCUT2D eigenvalue weighted by molar-refractivity contribution is 5.78. The minimum absolute atomic E-state index is 0.0344. The van der Waals surface area contributed by atoms with E-state index in [0.717, 1.165) is 54.6 Å². The average Bonchev–Trinajstić information content (AvgIpc) is 2.68. The number of nitrogens with zero attached hydrogens (tertiary/aromatic N) is 1. The van der Waals surface area contributed by atoms with E-state index in [1.807, 2.05) is 0 Å². The topological polar surface area (TPSA) is 42.2 Å². The number of nitriles is 1. The van der Waals surface area contributed by atoms with Crippen molar-refractivity contribution in [3.05, 3.63) is 71.8 Å². The van der Waals surface area contributed by atoms with Crippen LogP contribution in [-0.4, -0.2) is 12.7 Å². The molecule has 166 valence electrons. The normalized spacial score (nSPS) is 11.7. The Kier molecular flexibility index (Phi) is 5.98. The van der Waals surface area contributed by atoms with Crippen LogP contribution in [0.2, 0.25) is 0 Å². The monoisotopic (exact) mass is 459 g/mol. The van der Waals surface area contributed by atoms with E-state index in [1.54, 1.807) is 0 Å². The maximum Gasteiger partial charge on any atom is 0.573 e. The molecule has 0 spiro atoms. The van der Waals surface area contributed by atoms with Crippen LogP contribution in [0.15, 0.2) is 54.6 Å². The number of ether oxygens (including phenoxy) is 2. The summed E-state index contributed by atoms with van der Waals surface area (Å²) in [6.07, 6.45) is -9.88. The molecule has 0 fully saturated rings. The number of halogens is 8. The molecule has 3 rings (SSSR count). The van der Waals surface area contributed by atoms with Gasteiger partial charge in [-0.1, -0.05) is 24.3 Å². The number of alkyl halides is 6. The largest absolute Gasteiger partial charge is 0.573 e. The third-order valence-corrected chi connectivity index (χ3v) is 4.10. The van der Waals surface area contributed by atoms with Crippen LogP contribution in [-0.2, 0) is 0 Å². The summed E-state index contributed by atoms with van der Waals surface area (Å²) in [6.45, 7) is 0. The van der Waals surface area contributed by atoms with Crippen molar-refractivity contribution in [1.29, 1.82) is 5.26 Å². The van der Waals surface area contributed by atoms with E-state index >= 15 is 0 Å². The van der Waals surface area contributed by atoms with Crippen LogP contribution in [0.4, 0.5) is 35.1 Å². The van der Waals surface area contributed by atoms with Gasteiger partial charge in [0, 0.05) is 11.1 Å². The molecule has 0 aliphatic rings. The van der Waals surface area contributed by atoms with E-state index in [9.17, 15) is 40.4 Å². The molecule has 0 unspecified atom stereocenters. The first-order valence-corrected chi connectivity index (χ1v) is 8.52. The van der Waals surface area contributed by atoms with E-state index in [2.05, 4.69) is 9.47 Å². The van der Waals surface area contributed by atoms with E-state index in [-0.39, 0.29) is 11.1 Å². The lowest BCUT2D eigenvalue weighted by molar-refractivity contribution is -0.275. The highest BCUT2D eigenvalue weighted by Gasteiger charge is 2.32. The highest BCUT2D eigenvalue weighted by atomic mass is 19.4. The molecule has 11 heteroatoms. The van der Waals surface area contributed by atoms with Crippen LogP contribution in [0, 0.1) is 23.0 Å². The first-order valence-electron chi connectivity index (χ1n) is 8.52. The fourth-order valence-corrected chi connectivity index (χ4v) is 2.88. The Hall–Kier alpha value is -3.81. The maximum absolute atomic E-state index is 15.0.